The van der Waals surface area contributed by atoms with Crippen molar-refractivity contribution in [3.05, 3.63) is 35.4 Å². The maximum absolute atomic E-state index is 14.2. The van der Waals surface area contributed by atoms with Crippen LogP contribution < -0.4 is 10.6 Å². The number of thiocarbonyl (C=S) groups is 1. The highest BCUT2D eigenvalue weighted by Gasteiger charge is 2.36. The SMILES string of the molecule is CC[C@H](C)[C@H](NC(=O)[C@H](CC1CC1)NC(=O)C[C@@H]1CCC(=S)N1Cc1cccc(F)c1F)C(=O)OC. The lowest BCUT2D eigenvalue weighted by molar-refractivity contribution is -0.147. The normalized spacial score (nSPS) is 20.0. The molecule has 0 bridgehead atoms. The Morgan fingerprint density at radius 3 is 2.56 bits per heavy atom. The quantitative estimate of drug-likeness (QED) is 0.321. The number of hydrogen-bond donors (Lipinski definition) is 2. The van der Waals surface area contributed by atoms with E-state index in [9.17, 15) is 23.2 Å². The number of amides is 2. The summed E-state index contributed by atoms with van der Waals surface area (Å²) in [5, 5.41) is 5.62. The van der Waals surface area contributed by atoms with Gasteiger partial charge in [0.2, 0.25) is 11.8 Å². The minimum atomic E-state index is -0.927. The number of nitrogens with one attached hydrogen (secondary N) is 2. The van der Waals surface area contributed by atoms with Gasteiger partial charge in [-0.1, -0.05) is 57.5 Å². The number of halogens is 2. The Kier molecular flexibility index (Phi) is 9.76. The lowest BCUT2D eigenvalue weighted by Crippen LogP contribution is -2.54. The Morgan fingerprint density at radius 2 is 1.92 bits per heavy atom. The van der Waals surface area contributed by atoms with E-state index < -0.39 is 35.6 Å². The first-order valence-corrected chi connectivity index (χ1v) is 12.9. The monoisotopic (exact) mass is 523 g/mol. The molecule has 36 heavy (non-hydrogen) atoms. The van der Waals surface area contributed by atoms with Gasteiger partial charge in [-0.2, -0.15) is 0 Å². The van der Waals surface area contributed by atoms with E-state index in [0.29, 0.717) is 36.6 Å². The minimum Gasteiger partial charge on any atom is -0.467 e. The van der Waals surface area contributed by atoms with Gasteiger partial charge < -0.3 is 20.3 Å². The number of methoxy groups -OCH3 is 1. The second kappa shape index (κ2) is 12.6. The molecule has 0 radical (unpaired) electrons. The molecular weight excluding hydrogens is 488 g/mol. The summed E-state index contributed by atoms with van der Waals surface area (Å²) < 4.78 is 32.7. The molecule has 1 saturated carbocycles. The standard InChI is InChI=1S/C26H35F2N3O4S/c1-4-15(2)24(26(34)35-3)30-25(33)20(12-16-8-9-16)29-21(32)13-18-10-11-22(36)31(18)14-17-6-5-7-19(27)23(17)28/h5-7,15-16,18,20,24H,4,8-14H2,1-3H3,(H,29,32)(H,30,33)/t15-,18-,20-,24-/m0/s1. The number of carbonyl (C=O) groups is 3. The van der Waals surface area contributed by atoms with Gasteiger partial charge in [-0.3, -0.25) is 9.59 Å². The van der Waals surface area contributed by atoms with Crippen LogP contribution in [0.25, 0.3) is 0 Å². The van der Waals surface area contributed by atoms with Crippen LogP contribution in [-0.2, 0) is 25.7 Å². The summed E-state index contributed by atoms with van der Waals surface area (Å²) in [5.74, 6) is -2.88. The average Bonchev–Trinajstić information content (AvgIpc) is 3.62. The third kappa shape index (κ3) is 7.21. The third-order valence-corrected chi connectivity index (χ3v) is 7.57. The highest BCUT2D eigenvalue weighted by Crippen LogP contribution is 2.34. The average molecular weight is 524 g/mol. The van der Waals surface area contributed by atoms with Crippen LogP contribution in [0, 0.1) is 23.5 Å². The molecule has 1 aromatic rings. The first kappa shape index (κ1) is 28.0. The van der Waals surface area contributed by atoms with Gasteiger partial charge in [0.1, 0.15) is 12.1 Å². The highest BCUT2D eigenvalue weighted by molar-refractivity contribution is 7.80. The zero-order chi connectivity index (χ0) is 26.4. The number of hydrogen-bond acceptors (Lipinski definition) is 5. The summed E-state index contributed by atoms with van der Waals surface area (Å²) in [6.07, 6.45) is 4.41. The summed E-state index contributed by atoms with van der Waals surface area (Å²) in [6.45, 7) is 3.85. The Bertz CT molecular complexity index is 988. The summed E-state index contributed by atoms with van der Waals surface area (Å²) in [6, 6.07) is 2.15. The number of ether oxygens (including phenoxy) is 1. The van der Waals surface area contributed by atoms with Crippen molar-refractivity contribution >= 4 is 35.0 Å². The van der Waals surface area contributed by atoms with Crippen molar-refractivity contribution in [2.45, 2.75) is 83.5 Å². The second-order valence-electron chi connectivity index (χ2n) is 9.83. The van der Waals surface area contributed by atoms with Gasteiger partial charge in [-0.25, -0.2) is 13.6 Å². The molecule has 2 fully saturated rings. The molecule has 2 aliphatic rings. The zero-order valence-corrected chi connectivity index (χ0v) is 21.8. The zero-order valence-electron chi connectivity index (χ0n) is 21.0. The van der Waals surface area contributed by atoms with Crippen molar-refractivity contribution in [1.82, 2.24) is 15.5 Å². The maximum Gasteiger partial charge on any atom is 0.328 e. The number of esters is 1. The van der Waals surface area contributed by atoms with Crippen LogP contribution in [0.1, 0.15) is 64.4 Å². The predicted octanol–water partition coefficient (Wildman–Crippen LogP) is 3.64. The van der Waals surface area contributed by atoms with Crippen LogP contribution in [0.2, 0.25) is 0 Å². The summed E-state index contributed by atoms with van der Waals surface area (Å²) in [5.41, 5.74) is 0.176. The van der Waals surface area contributed by atoms with E-state index in [0.717, 1.165) is 18.9 Å². The molecule has 4 atom stereocenters. The Balaban J connectivity index is 1.65. The van der Waals surface area contributed by atoms with Crippen LogP contribution in [0.4, 0.5) is 8.78 Å². The Hall–Kier alpha value is -2.62. The molecule has 198 valence electrons. The van der Waals surface area contributed by atoms with Crippen molar-refractivity contribution < 1.29 is 27.9 Å². The number of nitrogens with zero attached hydrogens (tertiary/aromatic N) is 1. The van der Waals surface area contributed by atoms with E-state index in [-0.39, 0.29) is 36.4 Å². The van der Waals surface area contributed by atoms with E-state index >= 15 is 0 Å². The topological polar surface area (TPSA) is 87.7 Å². The molecule has 0 spiro atoms. The molecular formula is C26H35F2N3O4S. The highest BCUT2D eigenvalue weighted by atomic mass is 32.1. The molecule has 2 N–H and O–H groups in total. The van der Waals surface area contributed by atoms with Gasteiger partial charge in [0.05, 0.1) is 12.1 Å². The van der Waals surface area contributed by atoms with Gasteiger partial charge in [0.15, 0.2) is 11.6 Å². The number of likely N-dealkylation sites (tertiary alicyclic amines) is 1. The fourth-order valence-electron chi connectivity index (χ4n) is 4.51. The molecule has 1 aliphatic heterocycles. The van der Waals surface area contributed by atoms with E-state index in [1.165, 1.54) is 19.2 Å². The molecule has 10 heteroatoms. The first-order valence-electron chi connectivity index (χ1n) is 12.5. The van der Waals surface area contributed by atoms with E-state index in [4.69, 9.17) is 17.0 Å². The molecule has 2 amide bonds. The fourth-order valence-corrected chi connectivity index (χ4v) is 4.84. The Morgan fingerprint density at radius 1 is 1.19 bits per heavy atom. The third-order valence-electron chi connectivity index (χ3n) is 7.13. The second-order valence-corrected chi connectivity index (χ2v) is 10.3. The van der Waals surface area contributed by atoms with Crippen LogP contribution >= 0.6 is 12.2 Å². The summed E-state index contributed by atoms with van der Waals surface area (Å²) >= 11 is 5.43. The first-order chi connectivity index (χ1) is 17.1. The molecule has 1 aromatic carbocycles. The molecule has 1 aliphatic carbocycles. The molecule has 7 nitrogen and oxygen atoms in total. The van der Waals surface area contributed by atoms with Crippen LogP contribution in [-0.4, -0.2) is 52.9 Å². The lowest BCUT2D eigenvalue weighted by atomic mass is 9.98. The van der Waals surface area contributed by atoms with Gasteiger partial charge in [-0.15, -0.1) is 0 Å². The van der Waals surface area contributed by atoms with Crippen molar-refractivity contribution in [3.63, 3.8) is 0 Å². The van der Waals surface area contributed by atoms with Crippen LogP contribution in [0.5, 0.6) is 0 Å². The van der Waals surface area contributed by atoms with Gasteiger partial charge >= 0.3 is 5.97 Å². The molecule has 3 rings (SSSR count). The van der Waals surface area contributed by atoms with Crippen LogP contribution in [0.15, 0.2) is 18.2 Å². The number of carbonyl (C=O) groups excluding carboxylic acids is 3. The summed E-state index contributed by atoms with van der Waals surface area (Å²) in [4.78, 5) is 40.7. The van der Waals surface area contributed by atoms with Crippen molar-refractivity contribution in [3.8, 4) is 0 Å². The predicted molar refractivity (Wildman–Crippen MR) is 135 cm³/mol. The molecule has 0 aromatic heterocycles. The lowest BCUT2D eigenvalue weighted by Gasteiger charge is -2.28. The van der Waals surface area contributed by atoms with Crippen molar-refractivity contribution in [2.24, 2.45) is 11.8 Å². The van der Waals surface area contributed by atoms with E-state index in [2.05, 4.69) is 10.6 Å². The van der Waals surface area contributed by atoms with E-state index in [1.54, 1.807) is 4.90 Å². The van der Waals surface area contributed by atoms with Crippen molar-refractivity contribution in [1.29, 1.82) is 0 Å². The van der Waals surface area contributed by atoms with E-state index in [1.807, 2.05) is 13.8 Å². The van der Waals surface area contributed by atoms with Crippen molar-refractivity contribution in [2.75, 3.05) is 7.11 Å². The number of benzene rings is 1. The van der Waals surface area contributed by atoms with Gasteiger partial charge in [0, 0.05) is 24.6 Å². The fraction of sp³-hybridized carbons (Fsp3) is 0.615. The van der Waals surface area contributed by atoms with Gasteiger partial charge in [-0.05, 0) is 37.2 Å². The molecule has 1 heterocycles. The van der Waals surface area contributed by atoms with Gasteiger partial charge in [0.25, 0.3) is 0 Å². The Labute approximate surface area is 216 Å². The molecule has 1 saturated heterocycles. The number of rotatable bonds is 12. The molecule has 0 unspecified atom stereocenters. The maximum atomic E-state index is 14.2. The summed E-state index contributed by atoms with van der Waals surface area (Å²) in [7, 11) is 1.28. The largest absolute Gasteiger partial charge is 0.467 e. The minimum absolute atomic E-state index is 0.0668. The van der Waals surface area contributed by atoms with Crippen LogP contribution in [0.3, 0.4) is 0 Å². The smallest absolute Gasteiger partial charge is 0.328 e.